The normalized spacial score (nSPS) is 11.5. The van der Waals surface area contributed by atoms with E-state index in [2.05, 4.69) is 16.8 Å². The van der Waals surface area contributed by atoms with Gasteiger partial charge < -0.3 is 0 Å². The molecular weight excluding hydrogens is 166 g/mol. The van der Waals surface area contributed by atoms with E-state index in [-0.39, 0.29) is 0 Å². The van der Waals surface area contributed by atoms with Crippen molar-refractivity contribution in [2.45, 2.75) is 18.7 Å². The Balaban J connectivity index is 0.000000336. The lowest BCUT2D eigenvalue weighted by atomic mass is 10.3. The van der Waals surface area contributed by atoms with Crippen LogP contribution >= 0.6 is 11.8 Å². The largest absolute Gasteiger partial charge is 0.255 e. The zero-order chi connectivity index (χ0) is 8.81. The predicted octanol–water partition coefficient (Wildman–Crippen LogP) is 3.34. The summed E-state index contributed by atoms with van der Waals surface area (Å²) in [6, 6.07) is 4.00. The van der Waals surface area contributed by atoms with Gasteiger partial charge >= 0.3 is 0 Å². The van der Waals surface area contributed by atoms with Crippen molar-refractivity contribution in [3.05, 3.63) is 35.2 Å². The molecule has 2 heterocycles. The van der Waals surface area contributed by atoms with Crippen LogP contribution in [-0.2, 0) is 0 Å². The van der Waals surface area contributed by atoms with E-state index < -0.39 is 0 Å². The molecule has 0 N–H and O–H groups in total. The molecule has 1 aliphatic heterocycles. The van der Waals surface area contributed by atoms with Crippen molar-refractivity contribution in [2.75, 3.05) is 0 Å². The van der Waals surface area contributed by atoms with Gasteiger partial charge in [0.1, 0.15) is 0 Å². The van der Waals surface area contributed by atoms with E-state index in [9.17, 15) is 0 Å². The maximum Gasteiger partial charge on any atom is 0.0846 e. The SMILES string of the molecule is C1=CSc2cccnc2C=1.CC. The monoisotopic (exact) mass is 177 g/mol. The van der Waals surface area contributed by atoms with E-state index in [1.807, 2.05) is 31.4 Å². The number of fused-ring (bicyclic) bond motifs is 1. The summed E-state index contributed by atoms with van der Waals surface area (Å²) in [7, 11) is 0. The molecule has 62 valence electrons. The van der Waals surface area contributed by atoms with E-state index >= 15 is 0 Å². The van der Waals surface area contributed by atoms with Crippen molar-refractivity contribution in [3.8, 4) is 0 Å². The van der Waals surface area contributed by atoms with Gasteiger partial charge in [0.15, 0.2) is 0 Å². The van der Waals surface area contributed by atoms with Crippen molar-refractivity contribution in [1.82, 2.24) is 4.98 Å². The summed E-state index contributed by atoms with van der Waals surface area (Å²) in [5.41, 5.74) is 4.01. The van der Waals surface area contributed by atoms with Gasteiger partial charge in [-0.2, -0.15) is 0 Å². The molecule has 0 amide bonds. The summed E-state index contributed by atoms with van der Waals surface area (Å²) in [5.74, 6) is 0. The summed E-state index contributed by atoms with van der Waals surface area (Å²) in [6.45, 7) is 4.00. The van der Waals surface area contributed by atoms with Crippen molar-refractivity contribution < 1.29 is 0 Å². The minimum absolute atomic E-state index is 1.02. The van der Waals surface area contributed by atoms with E-state index in [1.165, 1.54) is 4.90 Å². The minimum atomic E-state index is 1.02. The number of nitrogens with zero attached hydrogens (tertiary/aromatic N) is 1. The quantitative estimate of drug-likeness (QED) is 0.564. The topological polar surface area (TPSA) is 12.9 Å². The van der Waals surface area contributed by atoms with Crippen LogP contribution in [0, 0.1) is 0 Å². The van der Waals surface area contributed by atoms with Gasteiger partial charge in [-0.1, -0.05) is 25.6 Å². The molecule has 0 bridgehead atoms. The number of thioether (sulfide) groups is 1. The Kier molecular flexibility index (Phi) is 3.65. The molecule has 1 aromatic heterocycles. The lowest BCUT2D eigenvalue weighted by Gasteiger charge is -2.01. The fraction of sp³-hybridized carbons (Fsp3) is 0.200. The highest BCUT2D eigenvalue weighted by molar-refractivity contribution is 8.02. The molecule has 1 aromatic rings. The van der Waals surface area contributed by atoms with Crippen LogP contribution in [0.15, 0.2) is 34.4 Å². The number of pyridine rings is 1. The van der Waals surface area contributed by atoms with E-state index in [0.29, 0.717) is 0 Å². The highest BCUT2D eigenvalue weighted by atomic mass is 32.2. The Morgan fingerprint density at radius 2 is 2.25 bits per heavy atom. The second-order valence-electron chi connectivity index (χ2n) is 1.93. The van der Waals surface area contributed by atoms with Gasteiger partial charge in [-0.15, -0.1) is 5.73 Å². The lowest BCUT2D eigenvalue weighted by molar-refractivity contribution is 1.20. The Morgan fingerprint density at radius 1 is 1.42 bits per heavy atom. The summed E-state index contributed by atoms with van der Waals surface area (Å²) in [6.07, 6.45) is 3.69. The molecule has 1 aliphatic rings. The van der Waals surface area contributed by atoms with Gasteiger partial charge in [0.05, 0.1) is 5.69 Å². The van der Waals surface area contributed by atoms with Crippen molar-refractivity contribution in [2.24, 2.45) is 0 Å². The molecule has 0 fully saturated rings. The third-order valence-electron chi connectivity index (χ3n) is 1.27. The molecule has 0 saturated heterocycles. The van der Waals surface area contributed by atoms with Crippen molar-refractivity contribution in [1.29, 1.82) is 0 Å². The molecule has 0 saturated carbocycles. The van der Waals surface area contributed by atoms with Crippen LogP contribution in [0.1, 0.15) is 19.5 Å². The number of hydrogen-bond acceptors (Lipinski definition) is 2. The molecule has 2 rings (SSSR count). The smallest absolute Gasteiger partial charge is 0.0846 e. The number of hydrogen-bond donors (Lipinski definition) is 0. The molecular formula is C10H11NS. The van der Waals surface area contributed by atoms with Gasteiger partial charge in [-0.25, -0.2) is 0 Å². The van der Waals surface area contributed by atoms with Crippen LogP contribution in [0.3, 0.4) is 0 Å². The van der Waals surface area contributed by atoms with Gasteiger partial charge in [0, 0.05) is 22.6 Å². The van der Waals surface area contributed by atoms with Crippen LogP contribution in [0.2, 0.25) is 0 Å². The van der Waals surface area contributed by atoms with E-state index in [4.69, 9.17) is 0 Å². The molecule has 1 nitrogen and oxygen atoms in total. The minimum Gasteiger partial charge on any atom is -0.255 e. The molecule has 0 atom stereocenters. The Bertz CT molecular complexity index is 311. The molecule has 12 heavy (non-hydrogen) atoms. The average Bonchev–Trinajstić information content (AvgIpc) is 2.21. The summed E-state index contributed by atoms with van der Waals surface area (Å²) >= 11 is 1.66. The first-order valence-electron chi connectivity index (χ1n) is 3.99. The molecule has 0 radical (unpaired) electrons. The number of rotatable bonds is 0. The maximum absolute atomic E-state index is 4.16. The maximum atomic E-state index is 4.16. The third kappa shape index (κ3) is 2.00. The van der Waals surface area contributed by atoms with E-state index in [1.54, 1.807) is 18.0 Å². The Labute approximate surface area is 77.2 Å². The van der Waals surface area contributed by atoms with Crippen molar-refractivity contribution >= 4 is 17.8 Å². The predicted molar refractivity (Wildman–Crippen MR) is 54.0 cm³/mol. The fourth-order valence-electron chi connectivity index (χ4n) is 0.821. The van der Waals surface area contributed by atoms with Gasteiger partial charge in [0.25, 0.3) is 0 Å². The second-order valence-corrected chi connectivity index (χ2v) is 2.84. The first-order valence-corrected chi connectivity index (χ1v) is 4.87. The third-order valence-corrected chi connectivity index (χ3v) is 2.13. The van der Waals surface area contributed by atoms with Crippen LogP contribution < -0.4 is 0 Å². The van der Waals surface area contributed by atoms with Gasteiger partial charge in [-0.3, -0.25) is 4.98 Å². The highest BCUT2D eigenvalue weighted by Crippen LogP contribution is 2.25. The summed E-state index contributed by atoms with van der Waals surface area (Å²) < 4.78 is 0. The van der Waals surface area contributed by atoms with Gasteiger partial charge in [-0.05, 0) is 12.1 Å². The summed E-state index contributed by atoms with van der Waals surface area (Å²) in [5, 5.41) is 1.93. The lowest BCUT2D eigenvalue weighted by Crippen LogP contribution is -1.83. The average molecular weight is 177 g/mol. The molecule has 0 aliphatic carbocycles. The van der Waals surface area contributed by atoms with Crippen LogP contribution in [0.4, 0.5) is 0 Å². The van der Waals surface area contributed by atoms with Gasteiger partial charge in [0.2, 0.25) is 0 Å². The Hall–Kier alpha value is -0.980. The number of aromatic nitrogens is 1. The van der Waals surface area contributed by atoms with Crippen LogP contribution in [-0.4, -0.2) is 4.98 Å². The molecule has 2 heteroatoms. The Morgan fingerprint density at radius 3 is 3.00 bits per heavy atom. The summed E-state index contributed by atoms with van der Waals surface area (Å²) in [4.78, 5) is 5.37. The second kappa shape index (κ2) is 4.81. The first kappa shape index (κ1) is 9.11. The van der Waals surface area contributed by atoms with Crippen LogP contribution in [0.5, 0.6) is 0 Å². The fourth-order valence-corrected chi connectivity index (χ4v) is 1.47. The standard InChI is InChI=1S/C8H5NS.C2H6/c1-4-8-7(9-5-1)3-2-6-10-8;1-2/h1,3-6H;1-2H3. The highest BCUT2D eigenvalue weighted by Gasteiger charge is 1.99. The van der Waals surface area contributed by atoms with E-state index in [0.717, 1.165) is 5.69 Å². The van der Waals surface area contributed by atoms with Crippen LogP contribution in [0.25, 0.3) is 6.08 Å². The molecule has 0 unspecified atom stereocenters. The zero-order valence-corrected chi connectivity index (χ0v) is 8.06. The van der Waals surface area contributed by atoms with Crippen molar-refractivity contribution in [3.63, 3.8) is 0 Å². The zero-order valence-electron chi connectivity index (χ0n) is 7.24. The molecule has 0 spiro atoms. The first-order chi connectivity index (χ1) is 5.97. The molecule has 0 aromatic carbocycles.